The molecule has 33 heavy (non-hydrogen) atoms. The van der Waals surface area contributed by atoms with Crippen molar-refractivity contribution in [3.8, 4) is 11.5 Å². The van der Waals surface area contributed by atoms with Crippen LogP contribution in [0.3, 0.4) is 0 Å². The summed E-state index contributed by atoms with van der Waals surface area (Å²) in [7, 11) is 0. The molecule has 1 N–H and O–H groups in total. The minimum atomic E-state index is -0.411. The number of fused-ring (bicyclic) bond motifs is 1. The van der Waals surface area contributed by atoms with Gasteiger partial charge in [-0.1, -0.05) is 63.7 Å². The van der Waals surface area contributed by atoms with Crippen LogP contribution in [0.15, 0.2) is 77.0 Å². The topological polar surface area (TPSA) is 80.5 Å². The molecule has 6 nitrogen and oxygen atoms in total. The van der Waals surface area contributed by atoms with E-state index in [1.165, 1.54) is 0 Å². The lowest BCUT2D eigenvalue weighted by Gasteiger charge is -2.22. The third-order valence-electron chi connectivity index (χ3n) is 5.04. The van der Waals surface area contributed by atoms with Gasteiger partial charge in [0.1, 0.15) is 17.2 Å². The number of benzene rings is 3. The predicted molar refractivity (Wildman–Crippen MR) is 131 cm³/mol. The Kier molecular flexibility index (Phi) is 7.48. The second kappa shape index (κ2) is 10.3. The van der Waals surface area contributed by atoms with Crippen molar-refractivity contribution in [3.63, 3.8) is 0 Å². The van der Waals surface area contributed by atoms with Crippen LogP contribution < -0.4 is 4.74 Å². The molecule has 0 aromatic heterocycles. The zero-order valence-corrected chi connectivity index (χ0v) is 19.6. The molecule has 0 saturated heterocycles. The molecule has 172 valence electrons. The fourth-order valence-electron chi connectivity index (χ4n) is 3.26. The van der Waals surface area contributed by atoms with E-state index in [0.29, 0.717) is 35.6 Å². The minimum Gasteiger partial charge on any atom is -0.505 e. The van der Waals surface area contributed by atoms with Crippen molar-refractivity contribution in [1.29, 1.82) is 0 Å². The average molecular weight is 447 g/mol. The quantitative estimate of drug-likeness (QED) is 0.172. The normalized spacial score (nSPS) is 11.6. The maximum Gasteiger partial charge on any atom is 0.333 e. The summed E-state index contributed by atoms with van der Waals surface area (Å²) in [5.41, 5.74) is 1.80. The highest BCUT2D eigenvalue weighted by Gasteiger charge is 2.22. The van der Waals surface area contributed by atoms with Gasteiger partial charge in [0.15, 0.2) is 0 Å². The van der Waals surface area contributed by atoms with Gasteiger partial charge in [0, 0.05) is 29.0 Å². The van der Waals surface area contributed by atoms with Crippen LogP contribution in [-0.2, 0) is 14.9 Å². The van der Waals surface area contributed by atoms with Crippen molar-refractivity contribution in [2.45, 2.75) is 39.5 Å². The first kappa shape index (κ1) is 24.0. The second-order valence-corrected chi connectivity index (χ2v) is 8.91. The molecule has 0 spiro atoms. The van der Waals surface area contributed by atoms with Gasteiger partial charge in [-0.2, -0.15) is 0 Å². The summed E-state index contributed by atoms with van der Waals surface area (Å²) in [5.74, 6) is 0.232. The van der Waals surface area contributed by atoms with Gasteiger partial charge in [-0.05, 0) is 29.9 Å². The van der Waals surface area contributed by atoms with Crippen LogP contribution in [-0.4, -0.2) is 24.3 Å². The van der Waals surface area contributed by atoms with Gasteiger partial charge >= 0.3 is 5.97 Å². The van der Waals surface area contributed by atoms with Crippen LogP contribution in [0.4, 0.5) is 11.4 Å². The van der Waals surface area contributed by atoms with E-state index >= 15 is 0 Å². The molecule has 0 amide bonds. The van der Waals surface area contributed by atoms with Crippen LogP contribution in [0.1, 0.15) is 39.7 Å². The number of aromatic hydroxyl groups is 1. The van der Waals surface area contributed by atoms with Crippen LogP contribution in [0.5, 0.6) is 11.5 Å². The molecular weight excluding hydrogens is 416 g/mol. The van der Waals surface area contributed by atoms with Crippen LogP contribution in [0, 0.1) is 0 Å². The molecule has 0 aliphatic carbocycles. The molecule has 0 heterocycles. The zero-order chi connectivity index (χ0) is 24.0. The Morgan fingerprint density at radius 1 is 1.00 bits per heavy atom. The highest BCUT2D eigenvalue weighted by molar-refractivity contribution is 5.92. The second-order valence-electron chi connectivity index (χ2n) is 8.91. The highest BCUT2D eigenvalue weighted by atomic mass is 16.5. The van der Waals surface area contributed by atoms with Crippen molar-refractivity contribution in [3.05, 3.63) is 72.3 Å². The summed E-state index contributed by atoms with van der Waals surface area (Å²) in [6.45, 7) is 11.8. The number of rotatable bonds is 8. The van der Waals surface area contributed by atoms with Gasteiger partial charge in [-0.25, -0.2) is 4.79 Å². The Balaban J connectivity index is 1.82. The van der Waals surface area contributed by atoms with E-state index in [0.717, 1.165) is 16.5 Å². The standard InChI is InChI=1S/C27H30N2O4/c1-18(2)26(31)33-15-9-14-32-20-16-22(27(3,4)5)25(30)24(17-20)29-28-23-13-8-11-19-10-6-7-12-21(19)23/h6-8,10-13,16-17,30H,1,9,14-15H2,2-5H3. The zero-order valence-electron chi connectivity index (χ0n) is 19.6. The molecular formula is C27H30N2O4. The fraction of sp³-hybridized carbons (Fsp3) is 0.296. The number of hydrogen-bond acceptors (Lipinski definition) is 6. The van der Waals surface area contributed by atoms with Crippen molar-refractivity contribution in [1.82, 2.24) is 0 Å². The van der Waals surface area contributed by atoms with E-state index in [2.05, 4.69) is 16.8 Å². The lowest BCUT2D eigenvalue weighted by molar-refractivity contribution is -0.139. The lowest BCUT2D eigenvalue weighted by atomic mass is 9.86. The van der Waals surface area contributed by atoms with Crippen LogP contribution in [0.25, 0.3) is 10.8 Å². The Morgan fingerprint density at radius 2 is 1.70 bits per heavy atom. The largest absolute Gasteiger partial charge is 0.505 e. The summed E-state index contributed by atoms with van der Waals surface area (Å²) in [6, 6.07) is 17.3. The highest BCUT2D eigenvalue weighted by Crippen LogP contribution is 2.42. The van der Waals surface area contributed by atoms with Gasteiger partial charge in [0.2, 0.25) is 0 Å². The molecule has 6 heteroatoms. The van der Waals surface area contributed by atoms with Gasteiger partial charge < -0.3 is 14.6 Å². The number of esters is 1. The molecule has 0 fully saturated rings. The van der Waals surface area contributed by atoms with E-state index in [1.54, 1.807) is 13.0 Å². The van der Waals surface area contributed by atoms with E-state index in [-0.39, 0.29) is 17.8 Å². The van der Waals surface area contributed by atoms with Gasteiger partial charge in [0.05, 0.1) is 18.9 Å². The molecule has 0 aliphatic rings. The molecule has 0 unspecified atom stereocenters. The summed E-state index contributed by atoms with van der Waals surface area (Å²) < 4.78 is 11.0. The lowest BCUT2D eigenvalue weighted by Crippen LogP contribution is -2.12. The number of carbonyl (C=O) groups excluding carboxylic acids is 1. The number of phenolic OH excluding ortho intramolecular Hbond substituents is 1. The third-order valence-corrected chi connectivity index (χ3v) is 5.04. The molecule has 0 aliphatic heterocycles. The number of phenols is 1. The van der Waals surface area contributed by atoms with Crippen molar-refractivity contribution in [2.24, 2.45) is 10.2 Å². The number of carbonyl (C=O) groups is 1. The van der Waals surface area contributed by atoms with E-state index in [4.69, 9.17) is 9.47 Å². The number of ether oxygens (including phenoxy) is 2. The Morgan fingerprint density at radius 3 is 2.42 bits per heavy atom. The monoisotopic (exact) mass is 446 g/mol. The Bertz CT molecular complexity index is 1190. The molecule has 3 aromatic carbocycles. The molecule has 0 radical (unpaired) electrons. The maximum absolute atomic E-state index is 11.5. The average Bonchev–Trinajstić information content (AvgIpc) is 2.77. The minimum absolute atomic E-state index is 0.0780. The predicted octanol–water partition coefficient (Wildman–Crippen LogP) is 7.15. The maximum atomic E-state index is 11.5. The van der Waals surface area contributed by atoms with Crippen LogP contribution in [0.2, 0.25) is 0 Å². The smallest absolute Gasteiger partial charge is 0.333 e. The SMILES string of the molecule is C=C(C)C(=O)OCCCOc1cc(N=Nc2cccc3ccccc23)c(O)c(C(C)(C)C)c1. The Labute approximate surface area is 194 Å². The van der Waals surface area contributed by atoms with Crippen molar-refractivity contribution in [2.75, 3.05) is 13.2 Å². The fourth-order valence-corrected chi connectivity index (χ4v) is 3.26. The molecule has 0 saturated carbocycles. The molecule has 0 bridgehead atoms. The summed E-state index contributed by atoms with van der Waals surface area (Å²) in [5, 5.41) is 21.7. The first-order valence-corrected chi connectivity index (χ1v) is 10.9. The first-order valence-electron chi connectivity index (χ1n) is 10.9. The Hall–Kier alpha value is -3.67. The first-order chi connectivity index (χ1) is 15.7. The molecule has 3 rings (SSSR count). The summed E-state index contributed by atoms with van der Waals surface area (Å²) in [4.78, 5) is 11.5. The summed E-state index contributed by atoms with van der Waals surface area (Å²) >= 11 is 0. The van der Waals surface area contributed by atoms with E-state index < -0.39 is 5.97 Å². The van der Waals surface area contributed by atoms with Crippen molar-refractivity contribution < 1.29 is 19.4 Å². The molecule has 3 aromatic rings. The number of hydrogen-bond donors (Lipinski definition) is 1. The number of nitrogens with zero attached hydrogens (tertiary/aromatic N) is 2. The van der Waals surface area contributed by atoms with Gasteiger partial charge in [-0.15, -0.1) is 10.2 Å². The molecule has 0 atom stereocenters. The van der Waals surface area contributed by atoms with Gasteiger partial charge in [-0.3, -0.25) is 0 Å². The van der Waals surface area contributed by atoms with Crippen molar-refractivity contribution >= 4 is 28.1 Å². The van der Waals surface area contributed by atoms with Crippen LogP contribution >= 0.6 is 0 Å². The van der Waals surface area contributed by atoms with E-state index in [9.17, 15) is 9.90 Å². The summed E-state index contributed by atoms with van der Waals surface area (Å²) in [6.07, 6.45) is 0.525. The van der Waals surface area contributed by atoms with E-state index in [1.807, 2.05) is 69.3 Å². The van der Waals surface area contributed by atoms with Gasteiger partial charge in [0.25, 0.3) is 0 Å². The number of azo groups is 1. The third kappa shape index (κ3) is 6.19.